The van der Waals surface area contributed by atoms with Gasteiger partial charge in [-0.05, 0) is 54.8 Å². The first-order valence-corrected chi connectivity index (χ1v) is 13.8. The van der Waals surface area contributed by atoms with Crippen molar-refractivity contribution >= 4 is 17.4 Å². The Kier molecular flexibility index (Phi) is 9.89. The first kappa shape index (κ1) is 28.8. The molecule has 2 heterocycles. The van der Waals surface area contributed by atoms with Gasteiger partial charge in [0.15, 0.2) is 11.5 Å². The van der Waals surface area contributed by atoms with Crippen molar-refractivity contribution in [3.05, 3.63) is 83.3 Å². The molecule has 0 spiro atoms. The van der Waals surface area contributed by atoms with Gasteiger partial charge in [-0.1, -0.05) is 51.3 Å². The summed E-state index contributed by atoms with van der Waals surface area (Å²) in [5.41, 5.74) is 0.971. The maximum atomic E-state index is 13.4. The highest BCUT2D eigenvalue weighted by molar-refractivity contribution is 6.46. The number of Topliss-reactive ketones (excluding diaryl/α,β-unsaturated/α-hetero) is 1. The van der Waals surface area contributed by atoms with Gasteiger partial charge < -0.3 is 28.6 Å². The molecule has 0 saturated carbocycles. The summed E-state index contributed by atoms with van der Waals surface area (Å²) < 4.78 is 22.8. The third-order valence-electron chi connectivity index (χ3n) is 6.83. The molecule has 0 bridgehead atoms. The summed E-state index contributed by atoms with van der Waals surface area (Å²) in [5.74, 6) is 0.366. The fourth-order valence-electron chi connectivity index (χ4n) is 4.69. The van der Waals surface area contributed by atoms with Gasteiger partial charge >= 0.3 is 0 Å². The highest BCUT2D eigenvalue weighted by Crippen LogP contribution is 2.43. The van der Waals surface area contributed by atoms with E-state index in [1.54, 1.807) is 61.7 Å². The number of likely N-dealkylation sites (tertiary alicyclic amines) is 1. The van der Waals surface area contributed by atoms with Crippen LogP contribution in [0.2, 0.25) is 0 Å². The van der Waals surface area contributed by atoms with Gasteiger partial charge in [-0.15, -0.1) is 0 Å². The van der Waals surface area contributed by atoms with Crippen LogP contribution in [0.15, 0.2) is 70.9 Å². The number of amides is 1. The number of hydrogen-bond acceptors (Lipinski definition) is 7. The summed E-state index contributed by atoms with van der Waals surface area (Å²) in [7, 11) is 1.54. The van der Waals surface area contributed by atoms with Gasteiger partial charge in [-0.25, -0.2) is 0 Å². The summed E-state index contributed by atoms with van der Waals surface area (Å²) in [6.07, 6.45) is 6.47. The standard InChI is InChI=1S/C32H37NO7/c1-4-6-8-17-40-26-15-14-22(20-27(26)37-3)29-28(31(35)32(36)33(29)21-25-13-10-18-39-25)30(34)23-11-9-12-24(19-23)38-16-7-5-2/h9-15,18-20,29,34H,4-8,16-17,21H2,1-3H3. The van der Waals surface area contributed by atoms with Gasteiger partial charge in [0.05, 0.1) is 44.7 Å². The molecule has 1 fully saturated rings. The Morgan fingerprint density at radius 1 is 0.925 bits per heavy atom. The minimum absolute atomic E-state index is 0.0130. The minimum Gasteiger partial charge on any atom is -0.507 e. The van der Waals surface area contributed by atoms with Crippen LogP contribution < -0.4 is 14.2 Å². The van der Waals surface area contributed by atoms with Gasteiger partial charge in [0, 0.05) is 5.56 Å². The zero-order valence-electron chi connectivity index (χ0n) is 23.4. The van der Waals surface area contributed by atoms with E-state index >= 15 is 0 Å². The minimum atomic E-state index is -0.877. The van der Waals surface area contributed by atoms with Crippen LogP contribution in [0, 0.1) is 0 Å². The first-order chi connectivity index (χ1) is 19.5. The Labute approximate surface area is 235 Å². The van der Waals surface area contributed by atoms with Crippen LogP contribution in [0.1, 0.15) is 68.9 Å². The number of rotatable bonds is 14. The lowest BCUT2D eigenvalue weighted by atomic mass is 9.95. The van der Waals surface area contributed by atoms with Crippen LogP contribution in [0.3, 0.4) is 0 Å². The molecule has 4 rings (SSSR count). The number of methoxy groups -OCH3 is 1. The van der Waals surface area contributed by atoms with E-state index in [0.717, 1.165) is 32.1 Å². The Hall–Kier alpha value is -4.20. The van der Waals surface area contributed by atoms with Crippen LogP contribution in [0.5, 0.6) is 17.2 Å². The molecule has 1 N–H and O–H groups in total. The van der Waals surface area contributed by atoms with Gasteiger partial charge in [0.25, 0.3) is 11.7 Å². The third kappa shape index (κ3) is 6.50. The molecule has 0 radical (unpaired) electrons. The maximum absolute atomic E-state index is 13.4. The van der Waals surface area contributed by atoms with Crippen LogP contribution in [-0.2, 0) is 16.1 Å². The van der Waals surface area contributed by atoms with Crippen molar-refractivity contribution in [2.45, 2.75) is 58.5 Å². The molecule has 1 saturated heterocycles. The number of benzene rings is 2. The van der Waals surface area contributed by atoms with E-state index in [1.165, 1.54) is 11.2 Å². The Bertz CT molecular complexity index is 1330. The number of nitrogens with zero attached hydrogens (tertiary/aromatic N) is 1. The fourth-order valence-corrected chi connectivity index (χ4v) is 4.69. The number of hydrogen-bond donors (Lipinski definition) is 1. The van der Waals surface area contributed by atoms with E-state index in [9.17, 15) is 14.7 Å². The monoisotopic (exact) mass is 547 g/mol. The van der Waals surface area contributed by atoms with Crippen LogP contribution in [0.25, 0.3) is 5.76 Å². The number of ether oxygens (including phenoxy) is 3. The number of furan rings is 1. The molecular weight excluding hydrogens is 510 g/mol. The Balaban J connectivity index is 1.76. The molecule has 40 heavy (non-hydrogen) atoms. The number of aliphatic hydroxyl groups excluding tert-OH is 1. The van der Waals surface area contributed by atoms with E-state index < -0.39 is 17.7 Å². The summed E-state index contributed by atoms with van der Waals surface area (Å²) in [6, 6.07) is 14.8. The average molecular weight is 548 g/mol. The SMILES string of the molecule is CCCCCOc1ccc(C2C(=C(O)c3cccc(OCCCC)c3)C(=O)C(=O)N2Cc2ccco2)cc1OC. The second-order valence-corrected chi connectivity index (χ2v) is 9.70. The van der Waals surface area contributed by atoms with Crippen molar-refractivity contribution in [1.82, 2.24) is 4.90 Å². The summed E-state index contributed by atoms with van der Waals surface area (Å²) in [6.45, 7) is 5.35. The molecule has 1 aliphatic heterocycles. The highest BCUT2D eigenvalue weighted by Gasteiger charge is 2.46. The number of carbonyl (C=O) groups excluding carboxylic acids is 2. The van der Waals surface area contributed by atoms with E-state index in [0.29, 0.717) is 47.3 Å². The topological polar surface area (TPSA) is 98.4 Å². The molecular formula is C32H37NO7. The Morgan fingerprint density at radius 2 is 1.73 bits per heavy atom. The maximum Gasteiger partial charge on any atom is 0.296 e. The zero-order chi connectivity index (χ0) is 28.5. The van der Waals surface area contributed by atoms with Gasteiger partial charge in [0.2, 0.25) is 0 Å². The predicted molar refractivity (Wildman–Crippen MR) is 151 cm³/mol. The van der Waals surface area contributed by atoms with E-state index in [1.807, 2.05) is 0 Å². The summed E-state index contributed by atoms with van der Waals surface area (Å²) in [4.78, 5) is 28.2. The van der Waals surface area contributed by atoms with Crippen molar-refractivity contribution in [2.75, 3.05) is 20.3 Å². The quantitative estimate of drug-likeness (QED) is 0.104. The van der Waals surface area contributed by atoms with Crippen molar-refractivity contribution in [3.8, 4) is 17.2 Å². The molecule has 1 atom stereocenters. The molecule has 1 unspecified atom stereocenters. The van der Waals surface area contributed by atoms with Crippen LogP contribution >= 0.6 is 0 Å². The smallest absolute Gasteiger partial charge is 0.296 e. The summed E-state index contributed by atoms with van der Waals surface area (Å²) >= 11 is 0. The van der Waals surface area contributed by atoms with Crippen molar-refractivity contribution in [2.24, 2.45) is 0 Å². The molecule has 1 aromatic heterocycles. The number of carbonyl (C=O) groups is 2. The van der Waals surface area contributed by atoms with Crippen LogP contribution in [-0.4, -0.2) is 42.0 Å². The summed E-state index contributed by atoms with van der Waals surface area (Å²) in [5, 5.41) is 11.5. The molecule has 212 valence electrons. The fraction of sp³-hybridized carbons (Fsp3) is 0.375. The lowest BCUT2D eigenvalue weighted by Gasteiger charge is -2.25. The average Bonchev–Trinajstić information content (AvgIpc) is 3.58. The van der Waals surface area contributed by atoms with Crippen molar-refractivity contribution in [3.63, 3.8) is 0 Å². The normalized spacial score (nSPS) is 16.4. The predicted octanol–water partition coefficient (Wildman–Crippen LogP) is 6.66. The lowest BCUT2D eigenvalue weighted by Crippen LogP contribution is -2.29. The second kappa shape index (κ2) is 13.7. The number of ketones is 1. The molecule has 2 aromatic carbocycles. The highest BCUT2D eigenvalue weighted by atomic mass is 16.5. The van der Waals surface area contributed by atoms with Gasteiger partial charge in [-0.3, -0.25) is 9.59 Å². The zero-order valence-corrected chi connectivity index (χ0v) is 23.4. The van der Waals surface area contributed by atoms with Crippen molar-refractivity contribution < 1.29 is 33.3 Å². The lowest BCUT2D eigenvalue weighted by molar-refractivity contribution is -0.140. The van der Waals surface area contributed by atoms with E-state index in [2.05, 4.69) is 13.8 Å². The van der Waals surface area contributed by atoms with E-state index in [4.69, 9.17) is 18.6 Å². The number of aliphatic hydroxyl groups is 1. The van der Waals surface area contributed by atoms with Crippen molar-refractivity contribution in [1.29, 1.82) is 0 Å². The molecule has 8 heteroatoms. The van der Waals surface area contributed by atoms with E-state index in [-0.39, 0.29) is 17.9 Å². The molecule has 1 aliphatic rings. The van der Waals surface area contributed by atoms with Crippen LogP contribution in [0.4, 0.5) is 0 Å². The first-order valence-electron chi connectivity index (χ1n) is 13.8. The molecule has 3 aromatic rings. The molecule has 8 nitrogen and oxygen atoms in total. The largest absolute Gasteiger partial charge is 0.507 e. The molecule has 0 aliphatic carbocycles. The second-order valence-electron chi connectivity index (χ2n) is 9.70. The number of unbranched alkanes of at least 4 members (excludes halogenated alkanes) is 3. The van der Waals surface area contributed by atoms with Gasteiger partial charge in [0.1, 0.15) is 17.3 Å². The van der Waals surface area contributed by atoms with Gasteiger partial charge in [-0.2, -0.15) is 0 Å². The third-order valence-corrected chi connectivity index (χ3v) is 6.83. The molecule has 1 amide bonds. The Morgan fingerprint density at radius 3 is 2.45 bits per heavy atom.